The molecule has 0 unspecified atom stereocenters. The molecule has 0 spiro atoms. The van der Waals surface area contributed by atoms with Crippen molar-refractivity contribution in [3.8, 4) is 5.75 Å². The fraction of sp³-hybridized carbons (Fsp3) is 0.467. The van der Waals surface area contributed by atoms with Gasteiger partial charge in [-0.3, -0.25) is 0 Å². The third-order valence-electron chi connectivity index (χ3n) is 3.09. The third kappa shape index (κ3) is 3.72. The van der Waals surface area contributed by atoms with Crippen LogP contribution in [0.2, 0.25) is 0 Å². The summed E-state index contributed by atoms with van der Waals surface area (Å²) < 4.78 is 11.1. The molecule has 2 rings (SSSR count). The van der Waals surface area contributed by atoms with Gasteiger partial charge in [-0.25, -0.2) is 0 Å². The fourth-order valence-corrected chi connectivity index (χ4v) is 2.09. The smallest absolute Gasteiger partial charge is 0.176 e. The Balaban J connectivity index is 1.87. The first kappa shape index (κ1) is 13.9. The number of hydrogen-bond acceptors (Lipinski definition) is 4. The van der Waals surface area contributed by atoms with Crippen molar-refractivity contribution in [1.29, 1.82) is 0 Å². The molecule has 4 nitrogen and oxygen atoms in total. The fourth-order valence-electron chi connectivity index (χ4n) is 2.09. The first-order valence-corrected chi connectivity index (χ1v) is 6.72. The van der Waals surface area contributed by atoms with Crippen molar-refractivity contribution in [3.63, 3.8) is 0 Å². The third-order valence-corrected chi connectivity index (χ3v) is 3.09. The molecular weight excluding hydrogens is 242 g/mol. The van der Waals surface area contributed by atoms with Crippen molar-refractivity contribution in [2.75, 3.05) is 20.3 Å². The number of furan rings is 1. The van der Waals surface area contributed by atoms with Gasteiger partial charge in [0, 0.05) is 12.0 Å². The predicted molar refractivity (Wildman–Crippen MR) is 75.4 cm³/mol. The van der Waals surface area contributed by atoms with Gasteiger partial charge in [-0.15, -0.1) is 0 Å². The van der Waals surface area contributed by atoms with Crippen molar-refractivity contribution in [2.45, 2.75) is 25.8 Å². The molecule has 0 aliphatic carbocycles. The lowest BCUT2D eigenvalue weighted by Gasteiger charge is -2.02. The minimum Gasteiger partial charge on any atom is -0.493 e. The van der Waals surface area contributed by atoms with Gasteiger partial charge in [-0.1, -0.05) is 12.1 Å². The molecule has 1 aromatic heterocycles. The van der Waals surface area contributed by atoms with Crippen molar-refractivity contribution in [2.24, 2.45) is 0 Å². The minimum atomic E-state index is 0.281. The topological polar surface area (TPSA) is 54.6 Å². The van der Waals surface area contributed by atoms with Gasteiger partial charge < -0.3 is 19.6 Å². The maximum absolute atomic E-state index is 8.68. The van der Waals surface area contributed by atoms with E-state index in [1.54, 1.807) is 7.11 Å². The van der Waals surface area contributed by atoms with Crippen LogP contribution in [0.5, 0.6) is 5.75 Å². The largest absolute Gasteiger partial charge is 0.493 e. The highest BCUT2D eigenvalue weighted by atomic mass is 16.5. The Morgan fingerprint density at radius 2 is 2.16 bits per heavy atom. The average molecular weight is 263 g/mol. The lowest BCUT2D eigenvalue weighted by atomic mass is 10.2. The van der Waals surface area contributed by atoms with Crippen molar-refractivity contribution >= 4 is 11.0 Å². The van der Waals surface area contributed by atoms with E-state index >= 15 is 0 Å². The van der Waals surface area contributed by atoms with Crippen LogP contribution in [0.3, 0.4) is 0 Å². The van der Waals surface area contributed by atoms with Gasteiger partial charge >= 0.3 is 0 Å². The van der Waals surface area contributed by atoms with Crippen molar-refractivity contribution in [1.82, 2.24) is 5.32 Å². The zero-order valence-corrected chi connectivity index (χ0v) is 11.3. The molecule has 0 amide bonds. The molecule has 1 heterocycles. The van der Waals surface area contributed by atoms with Crippen LogP contribution in [0.4, 0.5) is 0 Å². The van der Waals surface area contributed by atoms with Crippen LogP contribution in [-0.4, -0.2) is 25.4 Å². The summed E-state index contributed by atoms with van der Waals surface area (Å²) in [5, 5.41) is 13.1. The Morgan fingerprint density at radius 3 is 2.95 bits per heavy atom. The van der Waals surface area contributed by atoms with Crippen LogP contribution >= 0.6 is 0 Å². The van der Waals surface area contributed by atoms with E-state index in [-0.39, 0.29) is 6.61 Å². The van der Waals surface area contributed by atoms with E-state index in [2.05, 4.69) is 5.32 Å². The Hall–Kier alpha value is -1.52. The molecule has 104 valence electrons. The number of aliphatic hydroxyl groups is 1. The molecule has 0 aliphatic heterocycles. The van der Waals surface area contributed by atoms with E-state index in [0.717, 1.165) is 54.8 Å². The molecule has 0 bridgehead atoms. The SMILES string of the molecule is COc1cccc2cc(CNCCCCCO)oc12. The molecular formula is C15H21NO3. The van der Waals surface area contributed by atoms with E-state index in [1.807, 2.05) is 24.3 Å². The Bertz CT molecular complexity index is 507. The minimum absolute atomic E-state index is 0.281. The van der Waals surface area contributed by atoms with Crippen molar-refractivity contribution in [3.05, 3.63) is 30.0 Å². The van der Waals surface area contributed by atoms with E-state index < -0.39 is 0 Å². The van der Waals surface area contributed by atoms with Crippen LogP contribution in [-0.2, 0) is 6.54 Å². The first-order valence-electron chi connectivity index (χ1n) is 6.72. The van der Waals surface area contributed by atoms with Gasteiger partial charge in [0.05, 0.1) is 13.7 Å². The molecule has 0 saturated carbocycles. The maximum atomic E-state index is 8.68. The molecule has 0 saturated heterocycles. The van der Waals surface area contributed by atoms with E-state index in [1.165, 1.54) is 0 Å². The normalized spacial score (nSPS) is 11.1. The van der Waals surface area contributed by atoms with Gasteiger partial charge in [0.25, 0.3) is 0 Å². The number of methoxy groups -OCH3 is 1. The van der Waals surface area contributed by atoms with Crippen LogP contribution in [0.1, 0.15) is 25.0 Å². The molecule has 2 N–H and O–H groups in total. The Labute approximate surface area is 113 Å². The second-order valence-electron chi connectivity index (χ2n) is 4.55. The number of ether oxygens (including phenoxy) is 1. The number of aliphatic hydroxyl groups excluding tert-OH is 1. The molecule has 0 aliphatic rings. The van der Waals surface area contributed by atoms with Crippen LogP contribution in [0.25, 0.3) is 11.0 Å². The van der Waals surface area contributed by atoms with E-state index in [4.69, 9.17) is 14.3 Å². The van der Waals surface area contributed by atoms with Crippen LogP contribution in [0.15, 0.2) is 28.7 Å². The molecule has 1 aromatic carbocycles. The monoisotopic (exact) mass is 263 g/mol. The van der Waals surface area contributed by atoms with Gasteiger partial charge in [-0.2, -0.15) is 0 Å². The van der Waals surface area contributed by atoms with E-state index in [9.17, 15) is 0 Å². The average Bonchev–Trinajstić information content (AvgIpc) is 2.85. The van der Waals surface area contributed by atoms with Crippen LogP contribution < -0.4 is 10.1 Å². The highest BCUT2D eigenvalue weighted by molar-refractivity contribution is 5.83. The summed E-state index contributed by atoms with van der Waals surface area (Å²) >= 11 is 0. The Morgan fingerprint density at radius 1 is 1.26 bits per heavy atom. The highest BCUT2D eigenvalue weighted by Gasteiger charge is 2.07. The summed E-state index contributed by atoms with van der Waals surface area (Å²) in [4.78, 5) is 0. The molecule has 0 atom stereocenters. The second kappa shape index (κ2) is 7.16. The molecule has 0 fully saturated rings. The standard InChI is InChI=1S/C15H21NO3/c1-18-14-7-5-6-12-10-13(19-15(12)14)11-16-8-3-2-4-9-17/h5-7,10,16-17H,2-4,8-9,11H2,1H3. The lowest BCUT2D eigenvalue weighted by Crippen LogP contribution is -2.14. The highest BCUT2D eigenvalue weighted by Crippen LogP contribution is 2.28. The summed E-state index contributed by atoms with van der Waals surface area (Å²) in [6, 6.07) is 7.92. The molecule has 0 radical (unpaired) electrons. The lowest BCUT2D eigenvalue weighted by molar-refractivity contribution is 0.282. The Kier molecular flexibility index (Phi) is 5.24. The number of benzene rings is 1. The number of para-hydroxylation sites is 1. The summed E-state index contributed by atoms with van der Waals surface area (Å²) in [5.74, 6) is 1.69. The molecule has 19 heavy (non-hydrogen) atoms. The maximum Gasteiger partial charge on any atom is 0.176 e. The van der Waals surface area contributed by atoms with Crippen LogP contribution in [0, 0.1) is 0 Å². The summed E-state index contributed by atoms with van der Waals surface area (Å²) in [6.45, 7) is 1.94. The quantitative estimate of drug-likeness (QED) is 0.719. The summed E-state index contributed by atoms with van der Waals surface area (Å²) in [7, 11) is 1.65. The number of fused-ring (bicyclic) bond motifs is 1. The van der Waals surface area contributed by atoms with E-state index in [0.29, 0.717) is 0 Å². The number of rotatable bonds is 8. The van der Waals surface area contributed by atoms with Crippen molar-refractivity contribution < 1.29 is 14.3 Å². The first-order chi connectivity index (χ1) is 9.35. The zero-order chi connectivity index (χ0) is 13.5. The summed E-state index contributed by atoms with van der Waals surface area (Å²) in [6.07, 6.45) is 3.01. The van der Waals surface area contributed by atoms with Gasteiger partial charge in [0.15, 0.2) is 11.3 Å². The van der Waals surface area contributed by atoms with Gasteiger partial charge in [-0.05, 0) is 37.9 Å². The second-order valence-corrected chi connectivity index (χ2v) is 4.55. The predicted octanol–water partition coefficient (Wildman–Crippen LogP) is 2.69. The summed E-state index contributed by atoms with van der Waals surface area (Å²) in [5.41, 5.74) is 0.807. The zero-order valence-electron chi connectivity index (χ0n) is 11.3. The number of unbranched alkanes of at least 4 members (excludes halogenated alkanes) is 2. The number of hydrogen-bond donors (Lipinski definition) is 2. The van der Waals surface area contributed by atoms with Gasteiger partial charge in [0.2, 0.25) is 0 Å². The molecule has 4 heteroatoms. The number of nitrogens with one attached hydrogen (secondary N) is 1. The van der Waals surface area contributed by atoms with Gasteiger partial charge in [0.1, 0.15) is 5.76 Å². The molecule has 2 aromatic rings.